The van der Waals surface area contributed by atoms with Crippen LogP contribution in [0, 0.1) is 6.92 Å². The highest BCUT2D eigenvalue weighted by atomic mass is 127. The molecule has 0 amide bonds. The van der Waals surface area contributed by atoms with Crippen LogP contribution in [0.5, 0.6) is 0 Å². The van der Waals surface area contributed by atoms with Crippen molar-refractivity contribution in [3.8, 4) is 0 Å². The molecule has 2 fully saturated rings. The molecule has 6 heteroatoms. The molecule has 2 saturated heterocycles. The molecular formula is C20H34IN5. The second kappa shape index (κ2) is 11.0. The lowest BCUT2D eigenvalue weighted by Crippen LogP contribution is -2.46. The van der Waals surface area contributed by atoms with Crippen molar-refractivity contribution < 1.29 is 0 Å². The molecule has 1 aromatic carbocycles. The number of anilines is 1. The monoisotopic (exact) mass is 471 g/mol. The average Bonchev–Trinajstić information content (AvgIpc) is 2.66. The number of hydrogen-bond donors (Lipinski definition) is 1. The van der Waals surface area contributed by atoms with Crippen LogP contribution in [0.25, 0.3) is 0 Å². The van der Waals surface area contributed by atoms with E-state index < -0.39 is 0 Å². The Hall–Kier alpha value is -1.02. The lowest BCUT2D eigenvalue weighted by Gasteiger charge is -2.36. The molecule has 0 bridgehead atoms. The van der Waals surface area contributed by atoms with E-state index in [4.69, 9.17) is 5.73 Å². The van der Waals surface area contributed by atoms with Gasteiger partial charge in [0.15, 0.2) is 5.96 Å². The number of nitrogens with zero attached hydrogens (tertiary/aromatic N) is 4. The zero-order valence-corrected chi connectivity index (χ0v) is 18.4. The number of nitrogens with two attached hydrogens (primary N) is 1. The molecular weight excluding hydrogens is 437 g/mol. The first-order valence-corrected chi connectivity index (χ1v) is 9.81. The number of benzene rings is 1. The fraction of sp³-hybridized carbons (Fsp3) is 0.650. The van der Waals surface area contributed by atoms with Gasteiger partial charge in [-0.1, -0.05) is 12.1 Å². The Morgan fingerprint density at radius 3 is 2.46 bits per heavy atom. The summed E-state index contributed by atoms with van der Waals surface area (Å²) >= 11 is 0. The molecule has 146 valence electrons. The number of aliphatic imine (C=N–C) groups is 1. The van der Waals surface area contributed by atoms with Crippen molar-refractivity contribution in [1.29, 1.82) is 0 Å². The smallest absolute Gasteiger partial charge is 0.191 e. The van der Waals surface area contributed by atoms with E-state index in [1.807, 2.05) is 0 Å². The summed E-state index contributed by atoms with van der Waals surface area (Å²) in [6.45, 7) is 10.8. The normalized spacial score (nSPS) is 19.3. The van der Waals surface area contributed by atoms with Crippen LogP contribution in [0.3, 0.4) is 0 Å². The number of piperidine rings is 1. The van der Waals surface area contributed by atoms with Gasteiger partial charge in [0.1, 0.15) is 0 Å². The van der Waals surface area contributed by atoms with Gasteiger partial charge in [-0.15, -0.1) is 24.0 Å². The summed E-state index contributed by atoms with van der Waals surface area (Å²) in [5, 5.41) is 0. The molecule has 2 heterocycles. The third-order valence-corrected chi connectivity index (χ3v) is 5.33. The zero-order chi connectivity index (χ0) is 17.5. The van der Waals surface area contributed by atoms with E-state index in [2.05, 4.69) is 50.9 Å². The first-order chi connectivity index (χ1) is 12.2. The van der Waals surface area contributed by atoms with Crippen molar-refractivity contribution >= 4 is 35.6 Å². The summed E-state index contributed by atoms with van der Waals surface area (Å²) < 4.78 is 0. The number of likely N-dealkylation sites (tertiary alicyclic amines) is 1. The van der Waals surface area contributed by atoms with Gasteiger partial charge in [-0.2, -0.15) is 0 Å². The van der Waals surface area contributed by atoms with E-state index >= 15 is 0 Å². The summed E-state index contributed by atoms with van der Waals surface area (Å²) in [6, 6.07) is 8.83. The number of guanidine groups is 1. The minimum absolute atomic E-state index is 0. The Morgan fingerprint density at radius 1 is 1.04 bits per heavy atom. The van der Waals surface area contributed by atoms with Gasteiger partial charge < -0.3 is 15.5 Å². The molecule has 0 aliphatic carbocycles. The summed E-state index contributed by atoms with van der Waals surface area (Å²) in [5.74, 6) is 0.754. The summed E-state index contributed by atoms with van der Waals surface area (Å²) in [7, 11) is 0. The molecule has 0 unspecified atom stereocenters. The maximum Gasteiger partial charge on any atom is 0.191 e. The molecule has 0 spiro atoms. The topological polar surface area (TPSA) is 48.1 Å². The van der Waals surface area contributed by atoms with E-state index in [0.29, 0.717) is 0 Å². The fourth-order valence-electron chi connectivity index (χ4n) is 3.77. The second-order valence-corrected chi connectivity index (χ2v) is 7.31. The van der Waals surface area contributed by atoms with Gasteiger partial charge in [-0.25, -0.2) is 0 Å². The summed E-state index contributed by atoms with van der Waals surface area (Å²) in [5.41, 5.74) is 8.81. The van der Waals surface area contributed by atoms with Crippen LogP contribution in [0.2, 0.25) is 0 Å². The molecule has 3 rings (SSSR count). The van der Waals surface area contributed by atoms with Crippen molar-refractivity contribution in [3.63, 3.8) is 0 Å². The molecule has 0 radical (unpaired) electrons. The maximum absolute atomic E-state index is 6.12. The minimum Gasteiger partial charge on any atom is -0.370 e. The van der Waals surface area contributed by atoms with E-state index in [9.17, 15) is 0 Å². The van der Waals surface area contributed by atoms with Gasteiger partial charge in [-0.3, -0.25) is 9.89 Å². The van der Waals surface area contributed by atoms with Crippen molar-refractivity contribution in [3.05, 3.63) is 29.8 Å². The van der Waals surface area contributed by atoms with Gasteiger partial charge in [0, 0.05) is 58.0 Å². The van der Waals surface area contributed by atoms with Crippen LogP contribution in [-0.4, -0.2) is 68.1 Å². The largest absolute Gasteiger partial charge is 0.370 e. The van der Waals surface area contributed by atoms with Gasteiger partial charge >= 0.3 is 0 Å². The van der Waals surface area contributed by atoms with Crippen LogP contribution in [0.1, 0.15) is 31.2 Å². The predicted molar refractivity (Wildman–Crippen MR) is 122 cm³/mol. The third kappa shape index (κ3) is 6.30. The first-order valence-electron chi connectivity index (χ1n) is 9.81. The second-order valence-electron chi connectivity index (χ2n) is 7.31. The quantitative estimate of drug-likeness (QED) is 0.311. The first kappa shape index (κ1) is 21.3. The lowest BCUT2D eigenvalue weighted by atomic mass is 10.1. The molecule has 0 atom stereocenters. The van der Waals surface area contributed by atoms with E-state index in [1.54, 1.807) is 0 Å². The van der Waals surface area contributed by atoms with Crippen molar-refractivity contribution in [2.75, 3.05) is 57.3 Å². The predicted octanol–water partition coefficient (Wildman–Crippen LogP) is 2.93. The number of halogens is 1. The maximum atomic E-state index is 6.12. The highest BCUT2D eigenvalue weighted by molar-refractivity contribution is 14.0. The lowest BCUT2D eigenvalue weighted by molar-refractivity contribution is 0.256. The van der Waals surface area contributed by atoms with Crippen molar-refractivity contribution in [1.82, 2.24) is 9.80 Å². The number of aryl methyl sites for hydroxylation is 1. The van der Waals surface area contributed by atoms with Gasteiger partial charge in [0.25, 0.3) is 0 Å². The van der Waals surface area contributed by atoms with E-state index in [0.717, 1.165) is 64.7 Å². The average molecular weight is 471 g/mol. The highest BCUT2D eigenvalue weighted by Crippen LogP contribution is 2.17. The molecule has 2 aliphatic heterocycles. The number of hydrogen-bond acceptors (Lipinski definition) is 3. The molecule has 1 aromatic rings. The Bertz CT molecular complexity index is 563. The molecule has 5 nitrogen and oxygen atoms in total. The Kier molecular flexibility index (Phi) is 8.98. The minimum atomic E-state index is 0. The van der Waals surface area contributed by atoms with Crippen LogP contribution in [0.4, 0.5) is 5.69 Å². The highest BCUT2D eigenvalue weighted by Gasteiger charge is 2.17. The van der Waals surface area contributed by atoms with Gasteiger partial charge in [0.05, 0.1) is 0 Å². The molecule has 2 N–H and O–H groups in total. The van der Waals surface area contributed by atoms with Crippen LogP contribution < -0.4 is 10.6 Å². The van der Waals surface area contributed by atoms with E-state index in [1.165, 1.54) is 30.5 Å². The fourth-order valence-corrected chi connectivity index (χ4v) is 3.77. The molecule has 0 aromatic heterocycles. The van der Waals surface area contributed by atoms with Crippen LogP contribution in [-0.2, 0) is 0 Å². The SMILES string of the molecule is Cc1cccc(N2CCN(CCCN=C(N)N3CCCCC3)CC2)c1.I. The Morgan fingerprint density at radius 2 is 1.77 bits per heavy atom. The number of rotatable bonds is 5. The Labute approximate surface area is 175 Å². The summed E-state index contributed by atoms with van der Waals surface area (Å²) in [4.78, 5) is 11.9. The van der Waals surface area contributed by atoms with Crippen LogP contribution >= 0.6 is 24.0 Å². The molecule has 0 saturated carbocycles. The van der Waals surface area contributed by atoms with Crippen LogP contribution in [0.15, 0.2) is 29.3 Å². The zero-order valence-electron chi connectivity index (χ0n) is 16.1. The standard InChI is InChI=1S/C20H33N5.HI/c1-18-7-5-8-19(17-18)24-15-13-23(14-16-24)10-6-9-22-20(21)25-11-3-2-4-12-25;/h5,7-8,17H,2-4,6,9-16H2,1H3,(H2,21,22);1H. The molecule has 2 aliphatic rings. The molecule has 26 heavy (non-hydrogen) atoms. The van der Waals surface area contributed by atoms with Crippen molar-refractivity contribution in [2.45, 2.75) is 32.6 Å². The number of piperazine rings is 1. The van der Waals surface area contributed by atoms with Gasteiger partial charge in [-0.05, 0) is 50.3 Å². The van der Waals surface area contributed by atoms with E-state index in [-0.39, 0.29) is 24.0 Å². The Balaban J connectivity index is 0.00000243. The third-order valence-electron chi connectivity index (χ3n) is 5.33. The summed E-state index contributed by atoms with van der Waals surface area (Å²) in [6.07, 6.45) is 4.93. The van der Waals surface area contributed by atoms with Gasteiger partial charge in [0.2, 0.25) is 0 Å². The van der Waals surface area contributed by atoms with Crippen molar-refractivity contribution in [2.24, 2.45) is 10.7 Å².